The summed E-state index contributed by atoms with van der Waals surface area (Å²) < 4.78 is 5.03. The van der Waals surface area contributed by atoms with Crippen LogP contribution in [0.25, 0.3) is 0 Å². The summed E-state index contributed by atoms with van der Waals surface area (Å²) in [5.74, 6) is 0. The van der Waals surface area contributed by atoms with Gasteiger partial charge >= 0.3 is 0 Å². The van der Waals surface area contributed by atoms with Crippen LogP contribution in [0.3, 0.4) is 0 Å². The van der Waals surface area contributed by atoms with Gasteiger partial charge in [-0.2, -0.15) is 0 Å². The average molecular weight is 189 g/mol. The third-order valence-corrected chi connectivity index (χ3v) is 2.04. The van der Waals surface area contributed by atoms with E-state index in [0.29, 0.717) is 0 Å². The molecule has 4 heteroatoms. The molecule has 14 heavy (non-hydrogen) atoms. The lowest BCUT2D eigenvalue weighted by molar-refractivity contribution is 0.556. The molecule has 2 aromatic heterocycles. The van der Waals surface area contributed by atoms with Crippen LogP contribution in [0, 0.1) is 0 Å². The first-order valence-electron chi connectivity index (χ1n) is 4.37. The van der Waals surface area contributed by atoms with E-state index in [1.54, 1.807) is 31.1 Å². The molecule has 0 bridgehead atoms. The maximum absolute atomic E-state index is 5.03. The maximum atomic E-state index is 5.03. The standard InChI is InChI=1S/C10H11N3O/c1-11-10(8-2-5-14-7-8)9-6-12-3-4-13-9/h2-7,10-11H,1H3. The van der Waals surface area contributed by atoms with Gasteiger partial charge in [0.15, 0.2) is 0 Å². The quantitative estimate of drug-likeness (QED) is 0.792. The Balaban J connectivity index is 2.31. The highest BCUT2D eigenvalue weighted by atomic mass is 16.3. The number of aromatic nitrogens is 2. The highest BCUT2D eigenvalue weighted by molar-refractivity contribution is 5.21. The van der Waals surface area contributed by atoms with Gasteiger partial charge in [-0.15, -0.1) is 0 Å². The third kappa shape index (κ3) is 1.65. The molecule has 2 aromatic rings. The van der Waals surface area contributed by atoms with Gasteiger partial charge < -0.3 is 9.73 Å². The Hall–Kier alpha value is -1.68. The minimum absolute atomic E-state index is 0.0439. The molecule has 0 amide bonds. The Kier molecular flexibility index (Phi) is 2.55. The molecule has 2 rings (SSSR count). The lowest BCUT2D eigenvalue weighted by Gasteiger charge is -2.12. The predicted molar refractivity (Wildman–Crippen MR) is 51.6 cm³/mol. The summed E-state index contributed by atoms with van der Waals surface area (Å²) in [4.78, 5) is 8.27. The molecule has 1 N–H and O–H groups in total. The molecule has 4 nitrogen and oxygen atoms in total. The summed E-state index contributed by atoms with van der Waals surface area (Å²) in [6.45, 7) is 0. The van der Waals surface area contributed by atoms with Crippen LogP contribution in [0.2, 0.25) is 0 Å². The van der Waals surface area contributed by atoms with E-state index in [9.17, 15) is 0 Å². The molecule has 72 valence electrons. The van der Waals surface area contributed by atoms with Crippen molar-refractivity contribution in [3.63, 3.8) is 0 Å². The van der Waals surface area contributed by atoms with Gasteiger partial charge in [-0.25, -0.2) is 0 Å². The van der Waals surface area contributed by atoms with E-state index in [1.165, 1.54) is 0 Å². The molecule has 0 saturated heterocycles. The first-order valence-corrected chi connectivity index (χ1v) is 4.37. The average Bonchev–Trinajstić information content (AvgIpc) is 2.74. The van der Waals surface area contributed by atoms with Crippen LogP contribution < -0.4 is 5.32 Å². The first-order chi connectivity index (χ1) is 6.92. The van der Waals surface area contributed by atoms with Gasteiger partial charge in [-0.1, -0.05) is 0 Å². The number of nitrogens with one attached hydrogen (secondary N) is 1. The molecule has 0 radical (unpaired) electrons. The van der Waals surface area contributed by atoms with Gasteiger partial charge in [0.1, 0.15) is 0 Å². The van der Waals surface area contributed by atoms with Crippen LogP contribution in [-0.4, -0.2) is 17.0 Å². The normalized spacial score (nSPS) is 12.6. The number of hydrogen-bond donors (Lipinski definition) is 1. The lowest BCUT2D eigenvalue weighted by atomic mass is 10.1. The fourth-order valence-electron chi connectivity index (χ4n) is 1.38. The van der Waals surface area contributed by atoms with Gasteiger partial charge in [0.25, 0.3) is 0 Å². The van der Waals surface area contributed by atoms with Crippen LogP contribution in [0.1, 0.15) is 17.3 Å². The molecule has 1 atom stereocenters. The number of nitrogens with zero attached hydrogens (tertiary/aromatic N) is 2. The second-order valence-electron chi connectivity index (χ2n) is 2.91. The summed E-state index contributed by atoms with van der Waals surface area (Å²) in [7, 11) is 1.88. The summed E-state index contributed by atoms with van der Waals surface area (Å²) in [6.07, 6.45) is 8.44. The van der Waals surface area contributed by atoms with Crippen LogP contribution in [-0.2, 0) is 0 Å². The van der Waals surface area contributed by atoms with E-state index in [-0.39, 0.29) is 6.04 Å². The Morgan fingerprint density at radius 1 is 1.43 bits per heavy atom. The molecule has 1 unspecified atom stereocenters. The van der Waals surface area contributed by atoms with Gasteiger partial charge in [0.05, 0.1) is 30.5 Å². The van der Waals surface area contributed by atoms with Gasteiger partial charge in [0.2, 0.25) is 0 Å². The van der Waals surface area contributed by atoms with Crippen LogP contribution in [0.5, 0.6) is 0 Å². The fraction of sp³-hybridized carbons (Fsp3) is 0.200. The topological polar surface area (TPSA) is 51.0 Å². The van der Waals surface area contributed by atoms with Crippen molar-refractivity contribution in [2.75, 3.05) is 7.05 Å². The zero-order chi connectivity index (χ0) is 9.80. The molecule has 0 spiro atoms. The van der Waals surface area contributed by atoms with Crippen LogP contribution in [0.15, 0.2) is 41.6 Å². The summed E-state index contributed by atoms with van der Waals surface area (Å²) >= 11 is 0. The van der Waals surface area contributed by atoms with Gasteiger partial charge in [0, 0.05) is 18.0 Å². The molecule has 0 aromatic carbocycles. The third-order valence-electron chi connectivity index (χ3n) is 2.04. The first kappa shape index (κ1) is 8.90. The zero-order valence-corrected chi connectivity index (χ0v) is 7.84. The molecule has 0 fully saturated rings. The number of hydrogen-bond acceptors (Lipinski definition) is 4. The number of furan rings is 1. The zero-order valence-electron chi connectivity index (χ0n) is 7.84. The second kappa shape index (κ2) is 4.02. The molecular formula is C10H11N3O. The molecule has 0 aliphatic rings. The maximum Gasteiger partial charge on any atom is 0.0954 e. The van der Waals surface area contributed by atoms with Gasteiger partial charge in [-0.3, -0.25) is 9.97 Å². The minimum Gasteiger partial charge on any atom is -0.472 e. The monoisotopic (exact) mass is 189 g/mol. The SMILES string of the molecule is CNC(c1ccoc1)c1cnccn1. The van der Waals surface area contributed by atoms with E-state index >= 15 is 0 Å². The predicted octanol–water partition coefficient (Wildman–Crippen LogP) is 1.38. The van der Waals surface area contributed by atoms with Crippen molar-refractivity contribution in [2.24, 2.45) is 0 Å². The van der Waals surface area contributed by atoms with Crippen molar-refractivity contribution in [1.29, 1.82) is 0 Å². The molecule has 0 aliphatic heterocycles. The van der Waals surface area contributed by atoms with Crippen molar-refractivity contribution < 1.29 is 4.42 Å². The van der Waals surface area contributed by atoms with E-state index in [2.05, 4.69) is 15.3 Å². The van der Waals surface area contributed by atoms with E-state index in [4.69, 9.17) is 4.42 Å². The van der Waals surface area contributed by atoms with Crippen molar-refractivity contribution in [3.8, 4) is 0 Å². The van der Waals surface area contributed by atoms with Crippen molar-refractivity contribution in [1.82, 2.24) is 15.3 Å². The largest absolute Gasteiger partial charge is 0.472 e. The van der Waals surface area contributed by atoms with Crippen molar-refractivity contribution >= 4 is 0 Å². The smallest absolute Gasteiger partial charge is 0.0954 e. The molecule has 2 heterocycles. The Bertz CT molecular complexity index is 372. The van der Waals surface area contributed by atoms with Crippen molar-refractivity contribution in [2.45, 2.75) is 6.04 Å². The molecule has 0 aliphatic carbocycles. The van der Waals surface area contributed by atoms with Gasteiger partial charge in [-0.05, 0) is 13.1 Å². The lowest BCUT2D eigenvalue weighted by Crippen LogP contribution is -2.18. The summed E-state index contributed by atoms with van der Waals surface area (Å²) in [5.41, 5.74) is 1.93. The highest BCUT2D eigenvalue weighted by Gasteiger charge is 2.13. The number of rotatable bonds is 3. The van der Waals surface area contributed by atoms with Crippen molar-refractivity contribution in [3.05, 3.63) is 48.4 Å². The summed E-state index contributed by atoms with van der Waals surface area (Å²) in [5, 5.41) is 3.16. The van der Waals surface area contributed by atoms with Crippen LogP contribution >= 0.6 is 0 Å². The van der Waals surface area contributed by atoms with E-state index in [0.717, 1.165) is 11.3 Å². The highest BCUT2D eigenvalue weighted by Crippen LogP contribution is 2.18. The van der Waals surface area contributed by atoms with E-state index in [1.807, 2.05) is 13.1 Å². The Labute approximate surface area is 82.0 Å². The van der Waals surface area contributed by atoms with Crippen LogP contribution in [0.4, 0.5) is 0 Å². The van der Waals surface area contributed by atoms with E-state index < -0.39 is 0 Å². The fourth-order valence-corrected chi connectivity index (χ4v) is 1.38. The second-order valence-corrected chi connectivity index (χ2v) is 2.91. The Morgan fingerprint density at radius 3 is 2.93 bits per heavy atom. The Morgan fingerprint density at radius 2 is 2.36 bits per heavy atom. The molecular weight excluding hydrogens is 178 g/mol. The summed E-state index contributed by atoms with van der Waals surface area (Å²) in [6, 6.07) is 1.96. The minimum atomic E-state index is 0.0439. The molecule has 0 saturated carbocycles.